The number of benzene rings is 2. The summed E-state index contributed by atoms with van der Waals surface area (Å²) in [7, 11) is 0. The maximum atomic E-state index is 12.4. The molecule has 2 rings (SSSR count). The summed E-state index contributed by atoms with van der Waals surface area (Å²) in [5.74, 6) is 0.335. The van der Waals surface area contributed by atoms with E-state index < -0.39 is 6.04 Å². The van der Waals surface area contributed by atoms with E-state index in [9.17, 15) is 9.59 Å². The molecule has 132 valence electrons. The highest BCUT2D eigenvalue weighted by Crippen LogP contribution is 2.24. The fourth-order valence-corrected chi connectivity index (χ4v) is 2.75. The molecule has 4 N–H and O–H groups in total. The van der Waals surface area contributed by atoms with Gasteiger partial charge in [-0.05, 0) is 55.2 Å². The molecule has 0 saturated carbocycles. The Hall–Kier alpha value is -2.31. The molecule has 0 heterocycles. The Labute approximate surface area is 152 Å². The van der Waals surface area contributed by atoms with E-state index in [0.29, 0.717) is 23.4 Å². The molecule has 1 atom stereocenters. The lowest BCUT2D eigenvalue weighted by Gasteiger charge is -2.16. The predicted octanol–water partition coefficient (Wildman–Crippen LogP) is 3.27. The Morgan fingerprint density at radius 1 is 1.08 bits per heavy atom. The first kappa shape index (κ1) is 19.0. The summed E-state index contributed by atoms with van der Waals surface area (Å²) in [6.45, 7) is 1.92. The van der Waals surface area contributed by atoms with Gasteiger partial charge in [0.25, 0.3) is 5.91 Å². The van der Waals surface area contributed by atoms with Gasteiger partial charge in [0.15, 0.2) is 0 Å². The van der Waals surface area contributed by atoms with Gasteiger partial charge in [-0.3, -0.25) is 9.59 Å². The maximum Gasteiger partial charge on any atom is 0.255 e. The lowest BCUT2D eigenvalue weighted by atomic mass is 10.1. The average molecular weight is 357 g/mol. The third kappa shape index (κ3) is 5.62. The number of anilines is 2. The molecular weight excluding hydrogens is 334 g/mol. The largest absolute Gasteiger partial charge is 0.323 e. The Bertz CT molecular complexity index is 735. The third-order valence-electron chi connectivity index (χ3n) is 3.69. The minimum absolute atomic E-state index is 0.230. The second-order valence-corrected chi connectivity index (χ2v) is 6.73. The number of amides is 2. The van der Waals surface area contributed by atoms with Crippen LogP contribution in [0.25, 0.3) is 0 Å². The van der Waals surface area contributed by atoms with Gasteiger partial charge in [0, 0.05) is 5.56 Å². The third-order valence-corrected chi connectivity index (χ3v) is 4.33. The first-order chi connectivity index (χ1) is 12.0. The van der Waals surface area contributed by atoms with Crippen LogP contribution in [0.15, 0.2) is 48.5 Å². The second kappa shape index (κ2) is 9.25. The van der Waals surface area contributed by atoms with Crippen molar-refractivity contribution in [2.45, 2.75) is 19.4 Å². The lowest BCUT2D eigenvalue weighted by molar-refractivity contribution is -0.117. The van der Waals surface area contributed by atoms with Crippen LogP contribution in [-0.4, -0.2) is 29.9 Å². The summed E-state index contributed by atoms with van der Waals surface area (Å²) in [5.41, 5.74) is 8.55. The lowest BCUT2D eigenvalue weighted by Crippen LogP contribution is -2.36. The number of aryl methyl sites for hydroxylation is 1. The van der Waals surface area contributed by atoms with Gasteiger partial charge < -0.3 is 16.4 Å². The molecule has 2 aromatic carbocycles. The SMILES string of the molecule is CSCC[C@H](N)C(=O)Nc1cc(C)ccc1NC(=O)c1ccccc1. The number of carbonyl (C=O) groups excluding carboxylic acids is 2. The van der Waals surface area contributed by atoms with Crippen LogP contribution in [0.2, 0.25) is 0 Å². The van der Waals surface area contributed by atoms with Gasteiger partial charge in [0.1, 0.15) is 0 Å². The van der Waals surface area contributed by atoms with Crippen LogP contribution in [0.4, 0.5) is 11.4 Å². The molecule has 0 bridgehead atoms. The quantitative estimate of drug-likeness (QED) is 0.710. The minimum Gasteiger partial charge on any atom is -0.323 e. The molecule has 0 radical (unpaired) electrons. The molecule has 2 amide bonds. The normalized spacial score (nSPS) is 11.6. The Morgan fingerprint density at radius 3 is 2.48 bits per heavy atom. The molecule has 0 aromatic heterocycles. The first-order valence-electron chi connectivity index (χ1n) is 8.03. The van der Waals surface area contributed by atoms with E-state index in [0.717, 1.165) is 11.3 Å². The zero-order chi connectivity index (χ0) is 18.2. The van der Waals surface area contributed by atoms with Crippen molar-refractivity contribution in [1.29, 1.82) is 0 Å². The Kier molecular flexibility index (Phi) is 7.03. The first-order valence-corrected chi connectivity index (χ1v) is 9.43. The van der Waals surface area contributed by atoms with E-state index in [-0.39, 0.29) is 11.8 Å². The monoisotopic (exact) mass is 357 g/mol. The molecule has 0 saturated heterocycles. The molecule has 0 spiro atoms. The van der Waals surface area contributed by atoms with E-state index in [1.165, 1.54) is 0 Å². The topological polar surface area (TPSA) is 84.2 Å². The van der Waals surface area contributed by atoms with Crippen LogP contribution in [-0.2, 0) is 4.79 Å². The zero-order valence-electron chi connectivity index (χ0n) is 14.4. The number of hydrogen-bond donors (Lipinski definition) is 3. The van der Waals surface area contributed by atoms with Crippen LogP contribution in [0.5, 0.6) is 0 Å². The van der Waals surface area contributed by atoms with Gasteiger partial charge in [-0.15, -0.1) is 0 Å². The number of hydrogen-bond acceptors (Lipinski definition) is 4. The molecular formula is C19H23N3O2S. The number of rotatable bonds is 7. The van der Waals surface area contributed by atoms with Crippen molar-refractivity contribution in [1.82, 2.24) is 0 Å². The molecule has 25 heavy (non-hydrogen) atoms. The van der Waals surface area contributed by atoms with E-state index in [1.807, 2.05) is 31.4 Å². The average Bonchev–Trinajstić information content (AvgIpc) is 2.62. The fourth-order valence-electron chi connectivity index (χ4n) is 2.26. The highest BCUT2D eigenvalue weighted by Gasteiger charge is 2.16. The molecule has 5 nitrogen and oxygen atoms in total. The highest BCUT2D eigenvalue weighted by molar-refractivity contribution is 7.98. The van der Waals surface area contributed by atoms with Gasteiger partial charge in [0.05, 0.1) is 17.4 Å². The molecule has 6 heteroatoms. The van der Waals surface area contributed by atoms with E-state index >= 15 is 0 Å². The summed E-state index contributed by atoms with van der Waals surface area (Å²) in [6, 6.07) is 13.8. The van der Waals surface area contributed by atoms with Crippen LogP contribution in [0.1, 0.15) is 22.3 Å². The summed E-state index contributed by atoms with van der Waals surface area (Å²) >= 11 is 1.65. The van der Waals surface area contributed by atoms with E-state index in [1.54, 1.807) is 42.1 Å². The molecule has 0 unspecified atom stereocenters. The zero-order valence-corrected chi connectivity index (χ0v) is 15.2. The smallest absolute Gasteiger partial charge is 0.255 e. The van der Waals surface area contributed by atoms with Crippen molar-refractivity contribution >= 4 is 35.0 Å². The van der Waals surface area contributed by atoms with Crippen molar-refractivity contribution in [3.63, 3.8) is 0 Å². The van der Waals surface area contributed by atoms with Gasteiger partial charge in [0.2, 0.25) is 5.91 Å². The summed E-state index contributed by atoms with van der Waals surface area (Å²) in [6.07, 6.45) is 2.58. The van der Waals surface area contributed by atoms with Gasteiger partial charge in [-0.25, -0.2) is 0 Å². The number of carbonyl (C=O) groups is 2. The number of nitrogens with one attached hydrogen (secondary N) is 2. The molecule has 0 aliphatic heterocycles. The van der Waals surface area contributed by atoms with Crippen molar-refractivity contribution < 1.29 is 9.59 Å². The van der Waals surface area contributed by atoms with E-state index in [2.05, 4.69) is 10.6 Å². The van der Waals surface area contributed by atoms with Crippen LogP contribution < -0.4 is 16.4 Å². The number of nitrogens with two attached hydrogens (primary N) is 1. The van der Waals surface area contributed by atoms with Crippen LogP contribution in [0, 0.1) is 6.92 Å². The minimum atomic E-state index is -0.578. The van der Waals surface area contributed by atoms with Gasteiger partial charge >= 0.3 is 0 Å². The fraction of sp³-hybridized carbons (Fsp3) is 0.263. The standard InChI is InChI=1S/C19H23N3O2S/c1-13-8-9-16(21-18(23)14-6-4-3-5-7-14)17(12-13)22-19(24)15(20)10-11-25-2/h3-9,12,15H,10-11,20H2,1-2H3,(H,21,23)(H,22,24)/t15-/m0/s1. The van der Waals surface area contributed by atoms with Crippen LogP contribution >= 0.6 is 11.8 Å². The summed E-state index contributed by atoms with van der Waals surface area (Å²) in [5, 5.41) is 5.67. The van der Waals surface area contributed by atoms with Gasteiger partial charge in [-0.1, -0.05) is 24.3 Å². The van der Waals surface area contributed by atoms with Gasteiger partial charge in [-0.2, -0.15) is 11.8 Å². The van der Waals surface area contributed by atoms with Crippen molar-refractivity contribution in [3.05, 3.63) is 59.7 Å². The molecule has 0 aliphatic carbocycles. The molecule has 0 fully saturated rings. The van der Waals surface area contributed by atoms with E-state index in [4.69, 9.17) is 5.73 Å². The Morgan fingerprint density at radius 2 is 1.80 bits per heavy atom. The molecule has 0 aliphatic rings. The maximum absolute atomic E-state index is 12.4. The second-order valence-electron chi connectivity index (χ2n) is 5.75. The van der Waals surface area contributed by atoms with Crippen molar-refractivity contribution in [3.8, 4) is 0 Å². The van der Waals surface area contributed by atoms with Crippen molar-refractivity contribution in [2.24, 2.45) is 5.73 Å². The van der Waals surface area contributed by atoms with Crippen molar-refractivity contribution in [2.75, 3.05) is 22.6 Å². The summed E-state index contributed by atoms with van der Waals surface area (Å²) < 4.78 is 0. The predicted molar refractivity (Wildman–Crippen MR) is 105 cm³/mol. The number of thioether (sulfide) groups is 1. The van der Waals surface area contributed by atoms with Crippen LogP contribution in [0.3, 0.4) is 0 Å². The molecule has 2 aromatic rings. The summed E-state index contributed by atoms with van der Waals surface area (Å²) in [4.78, 5) is 24.6. The highest BCUT2D eigenvalue weighted by atomic mass is 32.2. The Balaban J connectivity index is 2.14.